The molecule has 0 aliphatic heterocycles. The summed E-state index contributed by atoms with van der Waals surface area (Å²) in [6.45, 7) is 5.66. The Morgan fingerprint density at radius 3 is 1.87 bits per heavy atom. The van der Waals surface area contributed by atoms with E-state index in [0.29, 0.717) is 6.42 Å². The van der Waals surface area contributed by atoms with Crippen LogP contribution in [0.1, 0.15) is 64.7 Å². The van der Waals surface area contributed by atoms with E-state index in [1.165, 1.54) is 59.9 Å². The Hall–Kier alpha value is -0.693. The Balaban J connectivity index is 4.32. The summed E-state index contributed by atoms with van der Waals surface area (Å²) in [6.07, 6.45) is 11.6. The second kappa shape index (κ2) is 13.7. The third-order valence-electron chi connectivity index (χ3n) is 3.99. The van der Waals surface area contributed by atoms with Crippen LogP contribution in [-0.2, 0) is 22.8 Å². The molecule has 0 aromatic carbocycles. The molecule has 0 aliphatic carbocycles. The lowest BCUT2D eigenvalue weighted by Gasteiger charge is -2.31. The SMILES string of the molecule is C=CC(=O)OC(CCCCCCCCCC)[Si](OC)(OC)OC. The molecule has 0 aromatic rings. The lowest BCUT2D eigenvalue weighted by atomic mass is 10.1. The molecule has 0 N–H and O–H groups in total. The maximum atomic E-state index is 11.6. The molecule has 0 amide bonds. The molecule has 0 rings (SSSR count). The molecule has 6 heteroatoms. The molecule has 0 saturated heterocycles. The predicted molar refractivity (Wildman–Crippen MR) is 94.1 cm³/mol. The first kappa shape index (κ1) is 22.3. The minimum Gasteiger partial charge on any atom is -0.455 e. The highest BCUT2D eigenvalue weighted by molar-refractivity contribution is 6.62. The molecule has 0 aliphatic rings. The molecule has 136 valence electrons. The van der Waals surface area contributed by atoms with E-state index in [2.05, 4.69) is 13.5 Å². The van der Waals surface area contributed by atoms with Gasteiger partial charge in [0.15, 0.2) is 5.73 Å². The fourth-order valence-electron chi connectivity index (χ4n) is 2.60. The van der Waals surface area contributed by atoms with Crippen molar-refractivity contribution >= 4 is 14.8 Å². The number of unbranched alkanes of at least 4 members (excludes halogenated alkanes) is 7. The molecular weight excluding hydrogens is 312 g/mol. The van der Waals surface area contributed by atoms with Crippen molar-refractivity contribution in [2.45, 2.75) is 70.4 Å². The zero-order valence-electron chi connectivity index (χ0n) is 15.3. The molecular formula is C17H34O5Si. The van der Waals surface area contributed by atoms with Gasteiger partial charge in [-0.15, -0.1) is 0 Å². The van der Waals surface area contributed by atoms with E-state index in [0.717, 1.165) is 18.9 Å². The summed E-state index contributed by atoms with van der Waals surface area (Å²) < 4.78 is 21.8. The number of rotatable bonds is 15. The molecule has 0 spiro atoms. The van der Waals surface area contributed by atoms with Crippen LogP contribution < -0.4 is 0 Å². The number of carbonyl (C=O) groups excluding carboxylic acids is 1. The maximum Gasteiger partial charge on any atom is 0.543 e. The van der Waals surface area contributed by atoms with Crippen molar-refractivity contribution in [2.75, 3.05) is 21.3 Å². The first-order chi connectivity index (χ1) is 11.1. The fourth-order valence-corrected chi connectivity index (χ4v) is 4.71. The first-order valence-electron chi connectivity index (χ1n) is 8.58. The summed E-state index contributed by atoms with van der Waals surface area (Å²) in [5.41, 5.74) is -0.493. The highest BCUT2D eigenvalue weighted by Crippen LogP contribution is 2.22. The van der Waals surface area contributed by atoms with Crippen molar-refractivity contribution in [3.8, 4) is 0 Å². The Bertz CT molecular complexity index is 310. The fraction of sp³-hybridized carbons (Fsp3) is 0.824. The normalized spacial score (nSPS) is 12.9. The topological polar surface area (TPSA) is 54.0 Å². The number of hydrogen-bond donors (Lipinski definition) is 0. The third-order valence-corrected chi connectivity index (χ3v) is 6.90. The number of ether oxygens (including phenoxy) is 1. The van der Waals surface area contributed by atoms with E-state index in [4.69, 9.17) is 18.0 Å². The Labute approximate surface area is 142 Å². The molecule has 23 heavy (non-hydrogen) atoms. The monoisotopic (exact) mass is 346 g/mol. The van der Waals surface area contributed by atoms with Crippen LogP contribution in [0.15, 0.2) is 12.7 Å². The Morgan fingerprint density at radius 2 is 1.43 bits per heavy atom. The summed E-state index contributed by atoms with van der Waals surface area (Å²) in [5.74, 6) is -0.474. The molecule has 1 unspecified atom stereocenters. The Kier molecular flexibility index (Phi) is 13.3. The average molecular weight is 347 g/mol. The van der Waals surface area contributed by atoms with Crippen LogP contribution in [0.5, 0.6) is 0 Å². The second-order valence-electron chi connectivity index (χ2n) is 5.61. The zero-order valence-corrected chi connectivity index (χ0v) is 16.3. The molecule has 0 radical (unpaired) electrons. The van der Waals surface area contributed by atoms with Crippen LogP contribution in [0.3, 0.4) is 0 Å². The smallest absolute Gasteiger partial charge is 0.455 e. The average Bonchev–Trinajstić information content (AvgIpc) is 2.58. The third kappa shape index (κ3) is 8.65. The molecule has 0 bridgehead atoms. The molecule has 0 heterocycles. The van der Waals surface area contributed by atoms with Gasteiger partial charge in [0.25, 0.3) is 0 Å². The van der Waals surface area contributed by atoms with Crippen molar-refractivity contribution in [2.24, 2.45) is 0 Å². The minimum absolute atomic E-state index is 0.474. The summed E-state index contributed by atoms with van der Waals surface area (Å²) in [5, 5.41) is 0. The van der Waals surface area contributed by atoms with Crippen molar-refractivity contribution in [1.82, 2.24) is 0 Å². The van der Waals surface area contributed by atoms with Gasteiger partial charge in [0, 0.05) is 27.4 Å². The quantitative estimate of drug-likeness (QED) is 0.194. The second-order valence-corrected chi connectivity index (χ2v) is 8.68. The zero-order chi connectivity index (χ0) is 17.6. The van der Waals surface area contributed by atoms with Crippen LogP contribution in [0, 0.1) is 0 Å². The predicted octanol–water partition coefficient (Wildman–Crippen LogP) is 4.03. The molecule has 5 nitrogen and oxygen atoms in total. The van der Waals surface area contributed by atoms with Crippen molar-refractivity contribution in [3.63, 3.8) is 0 Å². The van der Waals surface area contributed by atoms with E-state index < -0.39 is 20.5 Å². The molecule has 0 fully saturated rings. The van der Waals surface area contributed by atoms with Gasteiger partial charge in [0.1, 0.15) is 0 Å². The lowest BCUT2D eigenvalue weighted by molar-refractivity contribution is -0.142. The van der Waals surface area contributed by atoms with Crippen LogP contribution in [0.4, 0.5) is 0 Å². The van der Waals surface area contributed by atoms with Gasteiger partial charge in [-0.2, -0.15) is 0 Å². The van der Waals surface area contributed by atoms with Crippen LogP contribution >= 0.6 is 0 Å². The molecule has 0 aromatic heterocycles. The Morgan fingerprint density at radius 1 is 0.957 bits per heavy atom. The highest BCUT2D eigenvalue weighted by Gasteiger charge is 2.49. The van der Waals surface area contributed by atoms with Gasteiger partial charge in [-0.3, -0.25) is 0 Å². The number of carbonyl (C=O) groups is 1. The van der Waals surface area contributed by atoms with Crippen LogP contribution in [-0.4, -0.2) is 41.8 Å². The van der Waals surface area contributed by atoms with Crippen LogP contribution in [0.2, 0.25) is 0 Å². The van der Waals surface area contributed by atoms with E-state index in [1.54, 1.807) is 0 Å². The van der Waals surface area contributed by atoms with Crippen LogP contribution in [0.25, 0.3) is 0 Å². The van der Waals surface area contributed by atoms with E-state index in [-0.39, 0.29) is 0 Å². The standard InChI is InChI=1S/C17H34O5Si/c1-6-8-9-10-11-12-13-14-15-17(22-16(18)7-2)23(19-3,20-4)21-5/h7,17H,2,6,8-15H2,1,3-5H3. The maximum absolute atomic E-state index is 11.6. The van der Waals surface area contributed by atoms with E-state index in [9.17, 15) is 4.79 Å². The molecule has 0 saturated carbocycles. The number of esters is 1. The van der Waals surface area contributed by atoms with Gasteiger partial charge in [-0.05, 0) is 12.8 Å². The summed E-state index contributed by atoms with van der Waals surface area (Å²) in [4.78, 5) is 11.6. The first-order valence-corrected chi connectivity index (χ1v) is 10.4. The van der Waals surface area contributed by atoms with Gasteiger partial charge < -0.3 is 18.0 Å². The van der Waals surface area contributed by atoms with Gasteiger partial charge in [0.2, 0.25) is 0 Å². The summed E-state index contributed by atoms with van der Waals surface area (Å²) >= 11 is 0. The highest BCUT2D eigenvalue weighted by atomic mass is 28.4. The molecule has 1 atom stereocenters. The van der Waals surface area contributed by atoms with Gasteiger partial charge in [-0.1, -0.05) is 58.4 Å². The van der Waals surface area contributed by atoms with Crippen molar-refractivity contribution in [1.29, 1.82) is 0 Å². The van der Waals surface area contributed by atoms with Crippen molar-refractivity contribution < 1.29 is 22.8 Å². The van der Waals surface area contributed by atoms with Gasteiger partial charge in [-0.25, -0.2) is 4.79 Å². The van der Waals surface area contributed by atoms with E-state index in [1.807, 2.05) is 0 Å². The van der Waals surface area contributed by atoms with Crippen molar-refractivity contribution in [3.05, 3.63) is 12.7 Å². The summed E-state index contributed by atoms with van der Waals surface area (Å²) in [7, 11) is 1.59. The van der Waals surface area contributed by atoms with Gasteiger partial charge >= 0.3 is 14.8 Å². The number of hydrogen-bond acceptors (Lipinski definition) is 5. The van der Waals surface area contributed by atoms with E-state index >= 15 is 0 Å². The van der Waals surface area contributed by atoms with Gasteiger partial charge in [0.05, 0.1) is 0 Å². The summed E-state index contributed by atoms with van der Waals surface area (Å²) in [6, 6.07) is 0. The minimum atomic E-state index is -3.00. The lowest BCUT2D eigenvalue weighted by Crippen LogP contribution is -2.56. The largest absolute Gasteiger partial charge is 0.543 e.